The van der Waals surface area contributed by atoms with Crippen molar-refractivity contribution in [3.05, 3.63) is 41.4 Å². The van der Waals surface area contributed by atoms with Crippen molar-refractivity contribution in [1.29, 1.82) is 0 Å². The predicted molar refractivity (Wildman–Crippen MR) is 111 cm³/mol. The van der Waals surface area contributed by atoms with Gasteiger partial charge in [0.25, 0.3) is 0 Å². The van der Waals surface area contributed by atoms with E-state index in [0.29, 0.717) is 17.6 Å². The summed E-state index contributed by atoms with van der Waals surface area (Å²) in [6.07, 6.45) is 4.64. The highest BCUT2D eigenvalue weighted by molar-refractivity contribution is 7.99. The van der Waals surface area contributed by atoms with Gasteiger partial charge in [-0.05, 0) is 36.5 Å². The van der Waals surface area contributed by atoms with E-state index < -0.39 is 0 Å². The van der Waals surface area contributed by atoms with Crippen LogP contribution in [0.5, 0.6) is 0 Å². The van der Waals surface area contributed by atoms with E-state index in [9.17, 15) is 4.79 Å². The smallest absolute Gasteiger partial charge is 0.224 e. The van der Waals surface area contributed by atoms with Crippen LogP contribution in [0.4, 0.5) is 5.13 Å². The largest absolute Gasteiger partial charge is 0.355 e. The van der Waals surface area contributed by atoms with Crippen LogP contribution in [-0.4, -0.2) is 35.8 Å². The predicted octanol–water partition coefficient (Wildman–Crippen LogP) is 4.22. The van der Waals surface area contributed by atoms with E-state index in [4.69, 9.17) is 0 Å². The number of hydrogen-bond acceptors (Lipinski definition) is 5. The third-order valence-electron chi connectivity index (χ3n) is 4.46. The molecule has 2 heterocycles. The van der Waals surface area contributed by atoms with Gasteiger partial charge in [-0.15, -0.1) is 23.1 Å². The quantitative estimate of drug-likeness (QED) is 0.720. The van der Waals surface area contributed by atoms with Crippen LogP contribution in [0.3, 0.4) is 0 Å². The maximum absolute atomic E-state index is 12.3. The second kappa shape index (κ2) is 9.42. The molecular weight excluding hydrogens is 362 g/mol. The topological polar surface area (TPSA) is 45.2 Å². The third kappa shape index (κ3) is 5.74. The molecule has 1 N–H and O–H groups in total. The Bertz CT molecular complexity index is 686. The molecule has 0 radical (unpaired) electrons. The van der Waals surface area contributed by atoms with Crippen molar-refractivity contribution < 1.29 is 4.79 Å². The average molecular weight is 390 g/mol. The van der Waals surface area contributed by atoms with E-state index in [1.165, 1.54) is 11.3 Å². The van der Waals surface area contributed by atoms with Gasteiger partial charge in [-0.2, -0.15) is 0 Å². The molecule has 1 atom stereocenters. The third-order valence-corrected chi connectivity index (χ3v) is 6.30. The highest BCUT2D eigenvalue weighted by Crippen LogP contribution is 2.25. The Morgan fingerprint density at radius 1 is 1.38 bits per heavy atom. The van der Waals surface area contributed by atoms with Crippen LogP contribution >= 0.6 is 23.1 Å². The van der Waals surface area contributed by atoms with Gasteiger partial charge in [-0.1, -0.05) is 26.0 Å². The number of piperidine rings is 1. The minimum Gasteiger partial charge on any atom is -0.355 e. The molecule has 3 rings (SSSR count). The van der Waals surface area contributed by atoms with Gasteiger partial charge >= 0.3 is 0 Å². The standard InChI is InChI=1S/C20H27N3OS2/c1-15(2)26-18-7-5-16(6-8-18)12-19(24)22-13-17-4-3-10-23(14-17)20-21-9-11-25-20/h5-9,11,15,17H,3-4,10,12-14H2,1-2H3,(H,22,24)/t17-/m1/s1. The highest BCUT2D eigenvalue weighted by atomic mass is 32.2. The van der Waals surface area contributed by atoms with Gasteiger partial charge in [0, 0.05) is 41.4 Å². The maximum Gasteiger partial charge on any atom is 0.224 e. The summed E-state index contributed by atoms with van der Waals surface area (Å²) >= 11 is 3.53. The van der Waals surface area contributed by atoms with E-state index in [1.807, 2.05) is 23.3 Å². The summed E-state index contributed by atoms with van der Waals surface area (Å²) in [6.45, 7) is 7.18. The molecule has 1 aromatic heterocycles. The molecule has 140 valence electrons. The number of carbonyl (C=O) groups excluding carboxylic acids is 1. The Labute approximate surface area is 164 Å². The minimum atomic E-state index is 0.112. The molecule has 6 heteroatoms. The number of hydrogen-bond donors (Lipinski definition) is 1. The first-order valence-electron chi connectivity index (χ1n) is 9.27. The molecule has 1 aliphatic heterocycles. The highest BCUT2D eigenvalue weighted by Gasteiger charge is 2.21. The summed E-state index contributed by atoms with van der Waals surface area (Å²) in [5.74, 6) is 0.613. The van der Waals surface area contributed by atoms with E-state index >= 15 is 0 Å². The first-order valence-corrected chi connectivity index (χ1v) is 11.0. The summed E-state index contributed by atoms with van der Waals surface area (Å²) in [7, 11) is 0. The van der Waals surface area contributed by atoms with Crippen LogP contribution in [0, 0.1) is 5.92 Å². The number of amides is 1. The Hall–Kier alpha value is -1.53. The molecule has 0 bridgehead atoms. The number of carbonyl (C=O) groups is 1. The van der Waals surface area contributed by atoms with Crippen molar-refractivity contribution in [3.63, 3.8) is 0 Å². The fraction of sp³-hybridized carbons (Fsp3) is 0.500. The molecule has 1 saturated heterocycles. The molecular formula is C20H27N3OS2. The van der Waals surface area contributed by atoms with Crippen LogP contribution in [0.2, 0.25) is 0 Å². The normalized spacial score (nSPS) is 17.5. The fourth-order valence-corrected chi connectivity index (χ4v) is 4.76. The summed E-state index contributed by atoms with van der Waals surface area (Å²) in [5, 5.41) is 6.82. The van der Waals surface area contributed by atoms with Gasteiger partial charge < -0.3 is 10.2 Å². The number of anilines is 1. The molecule has 2 aromatic rings. The molecule has 1 amide bonds. The second-order valence-corrected chi connectivity index (χ2v) is 9.58. The van der Waals surface area contributed by atoms with Crippen LogP contribution in [0.1, 0.15) is 32.3 Å². The van der Waals surface area contributed by atoms with Gasteiger partial charge in [0.2, 0.25) is 5.91 Å². The SMILES string of the molecule is CC(C)Sc1ccc(CC(=O)NC[C@H]2CCCN(c3nccs3)C2)cc1. The molecule has 1 fully saturated rings. The second-order valence-electron chi connectivity index (χ2n) is 7.06. The number of nitrogens with one attached hydrogen (secondary N) is 1. The molecule has 0 aliphatic carbocycles. The van der Waals surface area contributed by atoms with E-state index in [1.54, 1.807) is 11.3 Å². The first kappa shape index (κ1) is 19.2. The van der Waals surface area contributed by atoms with Crippen molar-refractivity contribution >= 4 is 34.1 Å². The van der Waals surface area contributed by atoms with Crippen molar-refractivity contribution in [3.8, 4) is 0 Å². The van der Waals surface area contributed by atoms with E-state index in [2.05, 4.69) is 53.3 Å². The van der Waals surface area contributed by atoms with Crippen LogP contribution in [-0.2, 0) is 11.2 Å². The zero-order valence-corrected chi connectivity index (χ0v) is 17.1. The molecule has 4 nitrogen and oxygen atoms in total. The Balaban J connectivity index is 1.43. The lowest BCUT2D eigenvalue weighted by atomic mass is 9.98. The monoisotopic (exact) mass is 389 g/mol. The summed E-state index contributed by atoms with van der Waals surface area (Å²) in [6, 6.07) is 8.35. The van der Waals surface area contributed by atoms with Gasteiger partial charge in [0.15, 0.2) is 5.13 Å². The lowest BCUT2D eigenvalue weighted by Crippen LogP contribution is -2.41. The zero-order chi connectivity index (χ0) is 18.4. The minimum absolute atomic E-state index is 0.112. The Kier molecular flexibility index (Phi) is 6.97. The van der Waals surface area contributed by atoms with Crippen molar-refractivity contribution in [2.75, 3.05) is 24.5 Å². The first-order chi connectivity index (χ1) is 12.6. The maximum atomic E-state index is 12.3. The fourth-order valence-electron chi connectivity index (χ4n) is 3.24. The number of aromatic nitrogens is 1. The zero-order valence-electron chi connectivity index (χ0n) is 15.5. The Morgan fingerprint density at radius 2 is 2.19 bits per heavy atom. The number of rotatable bonds is 7. The summed E-state index contributed by atoms with van der Waals surface area (Å²) < 4.78 is 0. The summed E-state index contributed by atoms with van der Waals surface area (Å²) in [5.41, 5.74) is 1.07. The molecule has 0 spiro atoms. The number of thioether (sulfide) groups is 1. The van der Waals surface area contributed by atoms with Gasteiger partial charge in [-0.25, -0.2) is 4.98 Å². The van der Waals surface area contributed by atoms with Crippen molar-refractivity contribution in [2.45, 2.75) is 43.3 Å². The van der Waals surface area contributed by atoms with Gasteiger partial charge in [-0.3, -0.25) is 4.79 Å². The lowest BCUT2D eigenvalue weighted by molar-refractivity contribution is -0.120. The van der Waals surface area contributed by atoms with Crippen molar-refractivity contribution in [1.82, 2.24) is 10.3 Å². The summed E-state index contributed by atoms with van der Waals surface area (Å²) in [4.78, 5) is 20.3. The molecule has 26 heavy (non-hydrogen) atoms. The average Bonchev–Trinajstić information content (AvgIpc) is 3.16. The van der Waals surface area contributed by atoms with E-state index in [0.717, 1.165) is 36.8 Å². The number of nitrogens with zero attached hydrogens (tertiary/aromatic N) is 2. The van der Waals surface area contributed by atoms with Crippen LogP contribution in [0.25, 0.3) is 0 Å². The van der Waals surface area contributed by atoms with Gasteiger partial charge in [0.05, 0.1) is 6.42 Å². The molecule has 0 saturated carbocycles. The van der Waals surface area contributed by atoms with Gasteiger partial charge in [0.1, 0.15) is 0 Å². The number of thiazole rings is 1. The van der Waals surface area contributed by atoms with Crippen LogP contribution in [0.15, 0.2) is 40.7 Å². The van der Waals surface area contributed by atoms with Crippen LogP contribution < -0.4 is 10.2 Å². The Morgan fingerprint density at radius 3 is 2.88 bits per heavy atom. The molecule has 1 aromatic carbocycles. The lowest BCUT2D eigenvalue weighted by Gasteiger charge is -2.32. The molecule has 0 unspecified atom stereocenters. The van der Waals surface area contributed by atoms with Crippen molar-refractivity contribution in [2.24, 2.45) is 5.92 Å². The molecule has 1 aliphatic rings. The van der Waals surface area contributed by atoms with E-state index in [-0.39, 0.29) is 5.91 Å². The number of benzene rings is 1.